The average Bonchev–Trinajstić information content (AvgIpc) is 2.26. The van der Waals surface area contributed by atoms with Crippen LogP contribution in [0.5, 0.6) is 0 Å². The number of nitrogen functional groups attached to an aromatic ring is 1. The van der Waals surface area contributed by atoms with Gasteiger partial charge in [-0.15, -0.1) is 0 Å². The molecular formula is C9H13F3N6O. The summed E-state index contributed by atoms with van der Waals surface area (Å²) in [6, 6.07) is 0.658. The predicted molar refractivity (Wildman–Crippen MR) is 61.7 cm³/mol. The van der Waals surface area contributed by atoms with Crippen LogP contribution in [-0.2, 0) is 11.0 Å². The van der Waals surface area contributed by atoms with Crippen molar-refractivity contribution in [1.82, 2.24) is 9.97 Å². The number of nitrogens with one attached hydrogen (secondary N) is 2. The molecule has 0 atom stereocenters. The molecule has 0 unspecified atom stereocenters. The van der Waals surface area contributed by atoms with E-state index in [0.717, 1.165) is 0 Å². The summed E-state index contributed by atoms with van der Waals surface area (Å²) in [6.45, 7) is 2.81. The number of aromatic nitrogens is 2. The number of carbonyl (C=O) groups is 1. The third-order valence-electron chi connectivity index (χ3n) is 2.20. The summed E-state index contributed by atoms with van der Waals surface area (Å²) in [5.74, 6) is 3.59. The molecule has 0 fully saturated rings. The lowest BCUT2D eigenvalue weighted by atomic mass is 10.1. The highest BCUT2D eigenvalue weighted by molar-refractivity contribution is 5.86. The predicted octanol–water partition coefficient (Wildman–Crippen LogP) is 0.457. The third-order valence-corrected chi connectivity index (χ3v) is 2.20. The number of nitrogens with two attached hydrogens (primary N) is 2. The van der Waals surface area contributed by atoms with Gasteiger partial charge >= 0.3 is 6.18 Å². The summed E-state index contributed by atoms with van der Waals surface area (Å²) in [4.78, 5) is 18.0. The molecule has 6 N–H and O–H groups in total. The Morgan fingerprint density at radius 1 is 1.32 bits per heavy atom. The van der Waals surface area contributed by atoms with Crippen LogP contribution < -0.4 is 22.3 Å². The highest BCUT2D eigenvalue weighted by atomic mass is 19.4. The molecule has 19 heavy (non-hydrogen) atoms. The van der Waals surface area contributed by atoms with Gasteiger partial charge in [0.2, 0.25) is 11.9 Å². The second kappa shape index (κ2) is 4.88. The minimum Gasteiger partial charge on any atom is -0.368 e. The van der Waals surface area contributed by atoms with Gasteiger partial charge in [0.25, 0.3) is 0 Å². The summed E-state index contributed by atoms with van der Waals surface area (Å²) in [5, 5.41) is 2.48. The summed E-state index contributed by atoms with van der Waals surface area (Å²) in [6.07, 6.45) is -4.66. The lowest BCUT2D eigenvalue weighted by Crippen LogP contribution is -2.45. The molecule has 1 amide bonds. The highest BCUT2D eigenvalue weighted by Gasteiger charge is 2.34. The Morgan fingerprint density at radius 2 is 1.89 bits per heavy atom. The van der Waals surface area contributed by atoms with Gasteiger partial charge in [-0.25, -0.2) is 10.8 Å². The van der Waals surface area contributed by atoms with Gasteiger partial charge in [-0.2, -0.15) is 18.2 Å². The molecule has 0 saturated heterocycles. The summed E-state index contributed by atoms with van der Waals surface area (Å²) in [7, 11) is 0. The third kappa shape index (κ3) is 3.68. The van der Waals surface area contributed by atoms with Gasteiger partial charge in [-0.1, -0.05) is 0 Å². The molecule has 1 aromatic rings. The molecule has 1 rings (SSSR count). The largest absolute Gasteiger partial charge is 0.433 e. The maximum absolute atomic E-state index is 12.6. The van der Waals surface area contributed by atoms with Crippen LogP contribution in [0.2, 0.25) is 0 Å². The number of hydrogen-bond acceptors (Lipinski definition) is 6. The standard InChI is InChI=1S/C9H13F3N6O/c1-8(2,6(13)19)17-5-3-4(9(10,11)12)15-7(16-5)18-14/h3H,14H2,1-2H3,(H2,13,19)(H2,15,16,17,18). The van der Waals surface area contributed by atoms with Crippen molar-refractivity contribution >= 4 is 17.7 Å². The minimum atomic E-state index is -4.66. The van der Waals surface area contributed by atoms with Crippen LogP contribution in [0.4, 0.5) is 24.9 Å². The molecule has 106 valence electrons. The summed E-state index contributed by atoms with van der Waals surface area (Å²) < 4.78 is 37.8. The fraction of sp³-hybridized carbons (Fsp3) is 0.444. The molecule has 0 aliphatic heterocycles. The molecule has 0 aliphatic rings. The van der Waals surface area contributed by atoms with Crippen molar-refractivity contribution in [2.75, 3.05) is 10.7 Å². The molecule has 1 aromatic heterocycles. The van der Waals surface area contributed by atoms with Crippen LogP contribution in [0.25, 0.3) is 0 Å². The maximum atomic E-state index is 12.6. The SMILES string of the molecule is CC(C)(Nc1cc(C(F)(F)F)nc(NN)n1)C(N)=O. The Morgan fingerprint density at radius 3 is 2.32 bits per heavy atom. The van der Waals surface area contributed by atoms with Crippen molar-refractivity contribution in [3.8, 4) is 0 Å². The molecule has 0 aliphatic carbocycles. The first-order valence-corrected chi connectivity index (χ1v) is 5.07. The topological polar surface area (TPSA) is 119 Å². The van der Waals surface area contributed by atoms with Gasteiger partial charge < -0.3 is 11.1 Å². The van der Waals surface area contributed by atoms with Crippen molar-refractivity contribution in [2.45, 2.75) is 25.6 Å². The lowest BCUT2D eigenvalue weighted by molar-refractivity contribution is -0.141. The molecular weight excluding hydrogens is 265 g/mol. The Bertz CT molecular complexity index is 487. The second-order valence-corrected chi connectivity index (χ2v) is 4.22. The number of hydrazine groups is 1. The van der Waals surface area contributed by atoms with Crippen LogP contribution in [0.3, 0.4) is 0 Å². The van der Waals surface area contributed by atoms with Crippen molar-refractivity contribution in [2.24, 2.45) is 11.6 Å². The van der Waals surface area contributed by atoms with E-state index in [1.165, 1.54) is 13.8 Å². The number of hydrogen-bond donors (Lipinski definition) is 4. The van der Waals surface area contributed by atoms with Crippen LogP contribution in [-0.4, -0.2) is 21.4 Å². The zero-order valence-electron chi connectivity index (χ0n) is 10.2. The molecule has 7 nitrogen and oxygen atoms in total. The van der Waals surface area contributed by atoms with Gasteiger partial charge in [0.1, 0.15) is 11.4 Å². The van der Waals surface area contributed by atoms with Gasteiger partial charge in [0, 0.05) is 6.07 Å². The Balaban J connectivity index is 3.18. The van der Waals surface area contributed by atoms with Crippen LogP contribution >= 0.6 is 0 Å². The highest BCUT2D eigenvalue weighted by Crippen LogP contribution is 2.30. The van der Waals surface area contributed by atoms with Crippen molar-refractivity contribution in [1.29, 1.82) is 0 Å². The second-order valence-electron chi connectivity index (χ2n) is 4.22. The Labute approximate surface area is 106 Å². The van der Waals surface area contributed by atoms with E-state index in [2.05, 4.69) is 15.3 Å². The van der Waals surface area contributed by atoms with Crippen LogP contribution in [0, 0.1) is 0 Å². The lowest BCUT2D eigenvalue weighted by Gasteiger charge is -2.23. The number of halogens is 3. The van der Waals surface area contributed by atoms with E-state index in [0.29, 0.717) is 6.07 Å². The van der Waals surface area contributed by atoms with Gasteiger partial charge in [0.05, 0.1) is 0 Å². The number of alkyl halides is 3. The maximum Gasteiger partial charge on any atom is 0.433 e. The monoisotopic (exact) mass is 278 g/mol. The molecule has 0 bridgehead atoms. The van der Waals surface area contributed by atoms with Crippen molar-refractivity contribution in [3.63, 3.8) is 0 Å². The number of anilines is 2. The van der Waals surface area contributed by atoms with E-state index in [1.807, 2.05) is 5.43 Å². The first-order chi connectivity index (χ1) is 8.56. The smallest absolute Gasteiger partial charge is 0.368 e. The molecule has 0 aromatic carbocycles. The van der Waals surface area contributed by atoms with Gasteiger partial charge in [-0.05, 0) is 13.8 Å². The normalized spacial score (nSPS) is 12.1. The van der Waals surface area contributed by atoms with Crippen molar-refractivity contribution < 1.29 is 18.0 Å². The zero-order chi connectivity index (χ0) is 14.8. The number of nitrogens with zero attached hydrogens (tertiary/aromatic N) is 2. The van der Waals surface area contributed by atoms with E-state index in [1.54, 1.807) is 0 Å². The van der Waals surface area contributed by atoms with Crippen molar-refractivity contribution in [3.05, 3.63) is 11.8 Å². The van der Waals surface area contributed by atoms with Gasteiger partial charge in [-0.3, -0.25) is 10.2 Å². The number of carbonyl (C=O) groups excluding carboxylic acids is 1. The van der Waals surface area contributed by atoms with Crippen LogP contribution in [0.15, 0.2) is 6.07 Å². The fourth-order valence-electron chi connectivity index (χ4n) is 1.10. The van der Waals surface area contributed by atoms with E-state index < -0.39 is 29.3 Å². The Kier molecular flexibility index (Phi) is 3.84. The first kappa shape index (κ1) is 15.0. The quantitative estimate of drug-likeness (QED) is 0.469. The summed E-state index contributed by atoms with van der Waals surface area (Å²) >= 11 is 0. The van der Waals surface area contributed by atoms with E-state index in [-0.39, 0.29) is 5.82 Å². The minimum absolute atomic E-state index is 0.223. The molecule has 0 radical (unpaired) electrons. The molecule has 1 heterocycles. The number of rotatable bonds is 4. The zero-order valence-corrected chi connectivity index (χ0v) is 10.2. The summed E-state index contributed by atoms with van der Waals surface area (Å²) in [5.41, 5.74) is 4.55. The van der Waals surface area contributed by atoms with E-state index >= 15 is 0 Å². The first-order valence-electron chi connectivity index (χ1n) is 5.07. The molecule has 10 heteroatoms. The van der Waals surface area contributed by atoms with E-state index in [9.17, 15) is 18.0 Å². The molecule has 0 saturated carbocycles. The Hall–Kier alpha value is -2.10. The average molecular weight is 278 g/mol. The number of amides is 1. The fourth-order valence-corrected chi connectivity index (χ4v) is 1.10. The van der Waals surface area contributed by atoms with Gasteiger partial charge in [0.15, 0.2) is 5.69 Å². The van der Waals surface area contributed by atoms with Crippen LogP contribution in [0.1, 0.15) is 19.5 Å². The van der Waals surface area contributed by atoms with E-state index in [4.69, 9.17) is 11.6 Å². The number of primary amides is 1. The molecule has 0 spiro atoms.